The monoisotopic (exact) mass is 298 g/mol. The molecule has 0 aromatic carbocycles. The first-order valence-corrected chi connectivity index (χ1v) is 4.41. The normalized spacial score (nSPS) is 10.5. The molecule has 0 bridgehead atoms. The van der Waals surface area contributed by atoms with Crippen molar-refractivity contribution in [3.8, 4) is 0 Å². The van der Waals surface area contributed by atoms with Gasteiger partial charge in [0.05, 0.1) is 0 Å². The molecule has 0 atom stereocenters. The van der Waals surface area contributed by atoms with Crippen molar-refractivity contribution in [1.29, 1.82) is 0 Å². The van der Waals surface area contributed by atoms with E-state index in [1.54, 1.807) is 0 Å². The van der Waals surface area contributed by atoms with Crippen molar-refractivity contribution in [1.82, 2.24) is 0 Å². The number of nitrogens with two attached hydrogens (primary N) is 2. The molecule has 4 N–H and O–H groups in total. The summed E-state index contributed by atoms with van der Waals surface area (Å²) in [6, 6.07) is 0. The van der Waals surface area contributed by atoms with Gasteiger partial charge in [-0.15, -0.1) is 0 Å². The third kappa shape index (κ3) is 4540. The minimum atomic E-state index is -4.42. The Morgan fingerprint density at radius 1 is 0.818 bits per heavy atom. The summed E-state index contributed by atoms with van der Waals surface area (Å²) in [6.07, 6.45) is 0. The van der Waals surface area contributed by atoms with E-state index in [2.05, 4.69) is 10.3 Å². The van der Waals surface area contributed by atoms with Crippen molar-refractivity contribution >= 4 is 20.6 Å². The first kappa shape index (κ1) is 17.5. The minimum Gasteiger partial charge on any atom is -0.736 e. The van der Waals surface area contributed by atoms with Crippen molar-refractivity contribution in [3.05, 3.63) is 0 Å². The van der Waals surface area contributed by atoms with Crippen LogP contribution in [0.25, 0.3) is 0 Å². The van der Waals surface area contributed by atoms with E-state index in [0.29, 0.717) is 0 Å². The summed E-state index contributed by atoms with van der Waals surface area (Å²) in [4.78, 5) is 0. The van der Waals surface area contributed by atoms with E-state index in [1.807, 2.05) is 0 Å². The molecule has 0 aromatic heterocycles. The fraction of sp³-hybridized carbons (Fsp3) is 0. The van der Waals surface area contributed by atoms with Crippen LogP contribution < -0.4 is 10.3 Å². The summed E-state index contributed by atoms with van der Waals surface area (Å²) in [6.45, 7) is 0. The Morgan fingerprint density at radius 2 is 0.818 bits per heavy atom. The summed E-state index contributed by atoms with van der Waals surface area (Å²) in [5.41, 5.74) is 0. The average Bonchev–Trinajstić information content (AvgIpc) is 1.12. The van der Waals surface area contributed by atoms with Crippen LogP contribution in [0.4, 0.5) is 0 Å². The number of rotatable bonds is 0. The fourth-order valence-corrected chi connectivity index (χ4v) is 0. The Hall–Kier alpha value is 0.402. The molecular formula is H4N2O6PdS2. The molecule has 72 valence electrons. The van der Waals surface area contributed by atoms with Gasteiger partial charge in [0.2, 0.25) is 0 Å². The first-order valence-electron chi connectivity index (χ1n) is 1.47. The standard InChI is InChI=1S/2H3NO3S.Pd/c2*1-5(2,3)4;/h2*(H3,1,2,3,4);/q;;+2/p-2. The average molecular weight is 299 g/mol. The van der Waals surface area contributed by atoms with Gasteiger partial charge in [-0.1, -0.05) is 0 Å². The zero-order valence-corrected chi connectivity index (χ0v) is 7.92. The van der Waals surface area contributed by atoms with Crippen molar-refractivity contribution in [2.45, 2.75) is 0 Å². The van der Waals surface area contributed by atoms with Gasteiger partial charge < -0.3 is 9.11 Å². The van der Waals surface area contributed by atoms with Gasteiger partial charge in [-0.3, -0.25) is 0 Å². The molecule has 0 heterocycles. The maximum absolute atomic E-state index is 8.85. The second-order valence-electron chi connectivity index (χ2n) is 0.986. The van der Waals surface area contributed by atoms with Gasteiger partial charge >= 0.3 is 20.4 Å². The van der Waals surface area contributed by atoms with E-state index >= 15 is 0 Å². The summed E-state index contributed by atoms with van der Waals surface area (Å²) in [7, 11) is -8.83. The van der Waals surface area contributed by atoms with Crippen LogP contribution in [0, 0.1) is 0 Å². The van der Waals surface area contributed by atoms with Crippen LogP contribution in [0.5, 0.6) is 0 Å². The molecule has 0 saturated carbocycles. The second kappa shape index (κ2) is 5.98. The van der Waals surface area contributed by atoms with Crippen LogP contribution in [0.2, 0.25) is 0 Å². The summed E-state index contributed by atoms with van der Waals surface area (Å²) in [5.74, 6) is 0. The van der Waals surface area contributed by atoms with Crippen LogP contribution in [-0.2, 0) is 41.0 Å². The predicted octanol–water partition coefficient (Wildman–Crippen LogP) is -3.19. The van der Waals surface area contributed by atoms with Gasteiger partial charge in [-0.25, -0.2) is 27.1 Å². The smallest absolute Gasteiger partial charge is 0.736 e. The molecule has 11 heavy (non-hydrogen) atoms. The molecule has 11 heteroatoms. The first-order chi connectivity index (χ1) is 4.00. The molecule has 0 radical (unpaired) electrons. The van der Waals surface area contributed by atoms with Gasteiger partial charge in [-0.05, 0) is 0 Å². The van der Waals surface area contributed by atoms with Crippen molar-refractivity contribution < 1.29 is 46.4 Å². The summed E-state index contributed by atoms with van der Waals surface area (Å²) >= 11 is 0. The quantitative estimate of drug-likeness (QED) is 0.353. The van der Waals surface area contributed by atoms with E-state index in [4.69, 9.17) is 25.9 Å². The SMILES string of the molecule is NS(=O)(=O)[O-].NS(=O)(=O)[O-].[Pd+2]. The van der Waals surface area contributed by atoms with Crippen LogP contribution >= 0.6 is 0 Å². The van der Waals surface area contributed by atoms with Crippen molar-refractivity contribution in [2.75, 3.05) is 0 Å². The third-order valence-electron chi connectivity index (χ3n) is 0. The Kier molecular flexibility index (Phi) is 9.50. The second-order valence-corrected chi connectivity index (χ2v) is 2.96. The van der Waals surface area contributed by atoms with Crippen molar-refractivity contribution in [3.63, 3.8) is 0 Å². The van der Waals surface area contributed by atoms with E-state index in [1.165, 1.54) is 0 Å². The molecule has 0 unspecified atom stereocenters. The van der Waals surface area contributed by atoms with Gasteiger partial charge in [0.1, 0.15) is 0 Å². The van der Waals surface area contributed by atoms with Gasteiger partial charge in [0.15, 0.2) is 20.6 Å². The Labute approximate surface area is 77.4 Å². The Balaban J connectivity index is -0.000000107. The molecule has 0 aromatic rings. The fourth-order valence-electron chi connectivity index (χ4n) is 0. The number of hydrogen-bond donors (Lipinski definition) is 2. The zero-order chi connectivity index (χ0) is 9.00. The minimum absolute atomic E-state index is 0. The molecule has 0 aliphatic carbocycles. The molecule has 8 nitrogen and oxygen atoms in total. The van der Waals surface area contributed by atoms with E-state index in [9.17, 15) is 0 Å². The van der Waals surface area contributed by atoms with E-state index in [0.717, 1.165) is 0 Å². The molecule has 0 amide bonds. The molecule has 0 aliphatic rings. The molecular weight excluding hydrogens is 295 g/mol. The van der Waals surface area contributed by atoms with Crippen LogP contribution in [0.3, 0.4) is 0 Å². The zero-order valence-electron chi connectivity index (χ0n) is 4.74. The topological polar surface area (TPSA) is 166 Å². The Morgan fingerprint density at radius 3 is 0.818 bits per heavy atom. The molecule has 0 spiro atoms. The molecule has 0 fully saturated rings. The van der Waals surface area contributed by atoms with Crippen LogP contribution in [0.15, 0.2) is 0 Å². The molecule has 0 aliphatic heterocycles. The summed E-state index contributed by atoms with van der Waals surface area (Å²) < 4.78 is 53.1. The molecule has 0 saturated heterocycles. The van der Waals surface area contributed by atoms with Crippen molar-refractivity contribution in [2.24, 2.45) is 10.3 Å². The van der Waals surface area contributed by atoms with Crippen LogP contribution in [0.1, 0.15) is 0 Å². The Bertz CT molecular complexity index is 215. The van der Waals surface area contributed by atoms with Gasteiger partial charge in [0.25, 0.3) is 0 Å². The van der Waals surface area contributed by atoms with Gasteiger partial charge in [0, 0.05) is 0 Å². The largest absolute Gasteiger partial charge is 2.00 e. The van der Waals surface area contributed by atoms with E-state index < -0.39 is 20.6 Å². The summed E-state index contributed by atoms with van der Waals surface area (Å²) in [5, 5.41) is 7.54. The maximum Gasteiger partial charge on any atom is 2.00 e. The third-order valence-corrected chi connectivity index (χ3v) is 0. The molecule has 0 rings (SSSR count). The maximum atomic E-state index is 8.85. The van der Waals surface area contributed by atoms with Gasteiger partial charge in [-0.2, -0.15) is 0 Å². The number of hydrogen-bond acceptors (Lipinski definition) is 6. The van der Waals surface area contributed by atoms with Crippen LogP contribution in [-0.4, -0.2) is 25.9 Å². The predicted molar refractivity (Wildman–Crippen MR) is 27.8 cm³/mol. The van der Waals surface area contributed by atoms with E-state index in [-0.39, 0.29) is 20.4 Å².